The number of hydrogen-bond donors (Lipinski definition) is 1. The average Bonchev–Trinajstić information content (AvgIpc) is 2.33. The van der Waals surface area contributed by atoms with Crippen molar-refractivity contribution in [1.29, 1.82) is 0 Å². The second-order valence-corrected chi connectivity index (χ2v) is 5.41. The van der Waals surface area contributed by atoms with Gasteiger partial charge in [0.25, 0.3) is 0 Å². The molecular formula is C13H9Br2F2N. The predicted octanol–water partition coefficient (Wildman–Crippen LogP) is 5.10. The lowest BCUT2D eigenvalue weighted by atomic mass is 10.2. The van der Waals surface area contributed by atoms with Crippen molar-refractivity contribution in [3.8, 4) is 0 Å². The molecule has 0 fully saturated rings. The Morgan fingerprint density at radius 2 is 1.72 bits per heavy atom. The Labute approximate surface area is 120 Å². The molecule has 0 saturated heterocycles. The van der Waals surface area contributed by atoms with Gasteiger partial charge in [0.15, 0.2) is 0 Å². The fourth-order valence-corrected chi connectivity index (χ4v) is 2.42. The Balaban J connectivity index is 2.14. The molecule has 1 N–H and O–H groups in total. The highest BCUT2D eigenvalue weighted by molar-refractivity contribution is 9.10. The van der Waals surface area contributed by atoms with Crippen molar-refractivity contribution in [2.75, 3.05) is 5.32 Å². The van der Waals surface area contributed by atoms with Crippen molar-refractivity contribution in [2.45, 2.75) is 6.54 Å². The zero-order valence-corrected chi connectivity index (χ0v) is 12.4. The zero-order chi connectivity index (χ0) is 13.1. The molecule has 0 aliphatic carbocycles. The maximum atomic E-state index is 13.5. The predicted molar refractivity (Wildman–Crippen MR) is 75.5 cm³/mol. The minimum Gasteiger partial charge on any atom is -0.378 e. The number of anilines is 1. The van der Waals surface area contributed by atoms with Crippen molar-refractivity contribution >= 4 is 37.5 Å². The van der Waals surface area contributed by atoms with E-state index in [1.807, 2.05) is 0 Å². The summed E-state index contributed by atoms with van der Waals surface area (Å²) in [5.74, 6) is -0.642. The van der Waals surface area contributed by atoms with Gasteiger partial charge >= 0.3 is 0 Å². The molecule has 2 aromatic carbocycles. The Bertz CT molecular complexity index is 553. The van der Waals surface area contributed by atoms with Gasteiger partial charge in [-0.05, 0) is 61.7 Å². The van der Waals surface area contributed by atoms with Crippen LogP contribution in [-0.2, 0) is 6.54 Å². The van der Waals surface area contributed by atoms with E-state index in [2.05, 4.69) is 37.2 Å². The molecule has 0 saturated carbocycles. The molecule has 0 aromatic heterocycles. The molecule has 2 aromatic rings. The summed E-state index contributed by atoms with van der Waals surface area (Å²) < 4.78 is 27.6. The summed E-state index contributed by atoms with van der Waals surface area (Å²) in [7, 11) is 0. The van der Waals surface area contributed by atoms with Crippen LogP contribution in [0.4, 0.5) is 14.5 Å². The van der Waals surface area contributed by atoms with Gasteiger partial charge in [-0.1, -0.05) is 12.1 Å². The minimum atomic E-state index is -0.328. The van der Waals surface area contributed by atoms with Crippen LogP contribution in [0.1, 0.15) is 5.56 Å². The summed E-state index contributed by atoms with van der Waals surface area (Å²) in [6, 6.07) is 9.45. The van der Waals surface area contributed by atoms with Gasteiger partial charge in [-0.25, -0.2) is 8.78 Å². The van der Waals surface area contributed by atoms with Crippen LogP contribution in [0.3, 0.4) is 0 Å². The van der Waals surface area contributed by atoms with Crippen LogP contribution < -0.4 is 5.32 Å². The first kappa shape index (κ1) is 13.5. The molecule has 0 amide bonds. The Kier molecular flexibility index (Phi) is 4.35. The standard InChI is InChI=1S/C13H9Br2F2N/c14-9-2-1-3-12(17)13(9)18-7-8-4-5-11(16)10(15)6-8/h1-6,18H,7H2. The lowest BCUT2D eigenvalue weighted by molar-refractivity contribution is 0.620. The van der Waals surface area contributed by atoms with Crippen molar-refractivity contribution < 1.29 is 8.78 Å². The third kappa shape index (κ3) is 3.09. The van der Waals surface area contributed by atoms with Gasteiger partial charge in [0.05, 0.1) is 10.2 Å². The largest absolute Gasteiger partial charge is 0.378 e. The van der Waals surface area contributed by atoms with E-state index in [1.165, 1.54) is 12.1 Å². The number of nitrogens with one attached hydrogen (secondary N) is 1. The first-order chi connectivity index (χ1) is 8.58. The lowest BCUT2D eigenvalue weighted by Crippen LogP contribution is -2.02. The van der Waals surface area contributed by atoms with E-state index in [1.54, 1.807) is 24.3 Å². The fourth-order valence-electron chi connectivity index (χ4n) is 1.51. The quantitative estimate of drug-likeness (QED) is 0.785. The van der Waals surface area contributed by atoms with Gasteiger partial charge in [-0.2, -0.15) is 0 Å². The Hall–Kier alpha value is -0.940. The Morgan fingerprint density at radius 3 is 2.39 bits per heavy atom. The van der Waals surface area contributed by atoms with E-state index >= 15 is 0 Å². The Morgan fingerprint density at radius 1 is 0.944 bits per heavy atom. The maximum Gasteiger partial charge on any atom is 0.147 e. The molecule has 0 aliphatic rings. The number of hydrogen-bond acceptors (Lipinski definition) is 1. The number of halogens is 4. The van der Waals surface area contributed by atoms with E-state index in [0.29, 0.717) is 21.2 Å². The normalized spacial score (nSPS) is 10.4. The number of benzene rings is 2. The lowest BCUT2D eigenvalue weighted by Gasteiger charge is -2.10. The number of para-hydroxylation sites is 1. The third-order valence-corrected chi connectivity index (χ3v) is 3.68. The van der Waals surface area contributed by atoms with E-state index in [-0.39, 0.29) is 11.6 Å². The van der Waals surface area contributed by atoms with Crippen molar-refractivity contribution in [2.24, 2.45) is 0 Å². The van der Waals surface area contributed by atoms with Gasteiger partial charge in [0, 0.05) is 11.0 Å². The van der Waals surface area contributed by atoms with Gasteiger partial charge in [-0.3, -0.25) is 0 Å². The van der Waals surface area contributed by atoms with Crippen LogP contribution in [0.25, 0.3) is 0 Å². The van der Waals surface area contributed by atoms with Crippen LogP contribution in [0.15, 0.2) is 45.3 Å². The zero-order valence-electron chi connectivity index (χ0n) is 9.18. The van der Waals surface area contributed by atoms with Gasteiger partial charge in [0.2, 0.25) is 0 Å². The first-order valence-corrected chi connectivity index (χ1v) is 6.78. The van der Waals surface area contributed by atoms with E-state index in [0.717, 1.165) is 5.56 Å². The first-order valence-electron chi connectivity index (χ1n) is 5.20. The molecule has 94 valence electrons. The molecule has 0 heterocycles. The molecule has 0 spiro atoms. The van der Waals surface area contributed by atoms with Gasteiger partial charge in [0.1, 0.15) is 11.6 Å². The van der Waals surface area contributed by atoms with E-state index in [4.69, 9.17) is 0 Å². The highest BCUT2D eigenvalue weighted by atomic mass is 79.9. The summed E-state index contributed by atoms with van der Waals surface area (Å²) in [6.45, 7) is 0.415. The molecule has 0 unspecified atom stereocenters. The van der Waals surface area contributed by atoms with Crippen LogP contribution in [-0.4, -0.2) is 0 Å². The molecule has 0 atom stereocenters. The molecule has 18 heavy (non-hydrogen) atoms. The SMILES string of the molecule is Fc1ccc(CNc2c(F)cccc2Br)cc1Br. The summed E-state index contributed by atoms with van der Waals surface area (Å²) in [5.41, 5.74) is 1.26. The summed E-state index contributed by atoms with van der Waals surface area (Å²) >= 11 is 6.39. The maximum absolute atomic E-state index is 13.5. The molecular weight excluding hydrogens is 368 g/mol. The topological polar surface area (TPSA) is 12.0 Å². The monoisotopic (exact) mass is 375 g/mol. The summed E-state index contributed by atoms with van der Waals surface area (Å²) in [4.78, 5) is 0. The minimum absolute atomic E-state index is 0.314. The third-order valence-electron chi connectivity index (χ3n) is 2.42. The second-order valence-electron chi connectivity index (χ2n) is 3.70. The van der Waals surface area contributed by atoms with Crippen LogP contribution in [0.5, 0.6) is 0 Å². The molecule has 5 heteroatoms. The molecule has 2 rings (SSSR count). The van der Waals surface area contributed by atoms with Gasteiger partial charge < -0.3 is 5.32 Å². The van der Waals surface area contributed by atoms with Crippen molar-refractivity contribution in [3.63, 3.8) is 0 Å². The van der Waals surface area contributed by atoms with Crippen LogP contribution in [0, 0.1) is 11.6 Å². The summed E-state index contributed by atoms with van der Waals surface area (Å²) in [5, 5.41) is 2.98. The smallest absolute Gasteiger partial charge is 0.147 e. The second kappa shape index (κ2) is 5.80. The molecule has 0 bridgehead atoms. The number of rotatable bonds is 3. The highest BCUT2D eigenvalue weighted by Gasteiger charge is 2.06. The molecule has 0 aliphatic heterocycles. The van der Waals surface area contributed by atoms with Gasteiger partial charge in [-0.15, -0.1) is 0 Å². The summed E-state index contributed by atoms with van der Waals surface area (Å²) in [6.07, 6.45) is 0. The van der Waals surface area contributed by atoms with Crippen LogP contribution in [0.2, 0.25) is 0 Å². The molecule has 1 nitrogen and oxygen atoms in total. The fraction of sp³-hybridized carbons (Fsp3) is 0.0769. The molecule has 0 radical (unpaired) electrons. The van der Waals surface area contributed by atoms with Crippen LogP contribution >= 0.6 is 31.9 Å². The highest BCUT2D eigenvalue weighted by Crippen LogP contribution is 2.26. The average molecular weight is 377 g/mol. The van der Waals surface area contributed by atoms with Crippen molar-refractivity contribution in [3.05, 3.63) is 62.5 Å². The van der Waals surface area contributed by atoms with E-state index < -0.39 is 0 Å². The van der Waals surface area contributed by atoms with E-state index in [9.17, 15) is 8.78 Å². The van der Waals surface area contributed by atoms with Crippen molar-refractivity contribution in [1.82, 2.24) is 0 Å².